The molecule has 0 fully saturated rings. The van der Waals surface area contributed by atoms with Gasteiger partial charge in [-0.25, -0.2) is 4.98 Å². The Morgan fingerprint density at radius 3 is 2.89 bits per heavy atom. The molecule has 0 aliphatic carbocycles. The van der Waals surface area contributed by atoms with Crippen LogP contribution in [0.2, 0.25) is 5.15 Å². The third-order valence-corrected chi connectivity index (χ3v) is 3.21. The molecular weight excluding hydrogens is 262 g/mol. The van der Waals surface area contributed by atoms with E-state index in [0.29, 0.717) is 11.7 Å². The molecule has 5 nitrogen and oxygen atoms in total. The van der Waals surface area contributed by atoms with E-state index in [2.05, 4.69) is 15.0 Å². The van der Waals surface area contributed by atoms with Gasteiger partial charge in [0.25, 0.3) is 0 Å². The Balaban J connectivity index is 2.14. The largest absolute Gasteiger partial charge is 0.368 e. The van der Waals surface area contributed by atoms with Crippen molar-refractivity contribution in [1.82, 2.24) is 19.5 Å². The number of rotatable bonds is 2. The lowest BCUT2D eigenvalue weighted by Crippen LogP contribution is -2.03. The van der Waals surface area contributed by atoms with Gasteiger partial charge in [0, 0.05) is 12.4 Å². The Morgan fingerprint density at radius 2 is 2.16 bits per heavy atom. The molecule has 0 amide bonds. The summed E-state index contributed by atoms with van der Waals surface area (Å²) in [4.78, 5) is 12.6. The molecule has 0 saturated carbocycles. The Hall–Kier alpha value is -2.14. The van der Waals surface area contributed by atoms with Crippen LogP contribution in [-0.2, 0) is 6.54 Å². The molecule has 19 heavy (non-hydrogen) atoms. The van der Waals surface area contributed by atoms with Crippen molar-refractivity contribution in [1.29, 1.82) is 0 Å². The molecule has 3 aromatic heterocycles. The smallest absolute Gasteiger partial charge is 0.223 e. The standard InChI is InChI=1S/C13H12ClN5/c1-8-6-19(7-9-4-2-3-5-16-9)12-10(8)11(14)17-13(15)18-12/h2-6H,7H2,1H3,(H2,15,17,18). The number of aromatic nitrogens is 4. The highest BCUT2D eigenvalue weighted by Crippen LogP contribution is 2.26. The quantitative estimate of drug-likeness (QED) is 0.728. The Bertz CT molecular complexity index is 736. The van der Waals surface area contributed by atoms with Crippen LogP contribution in [0.25, 0.3) is 11.0 Å². The van der Waals surface area contributed by atoms with Gasteiger partial charge in [-0.3, -0.25) is 4.98 Å². The summed E-state index contributed by atoms with van der Waals surface area (Å²) < 4.78 is 1.98. The van der Waals surface area contributed by atoms with Crippen LogP contribution in [-0.4, -0.2) is 19.5 Å². The predicted octanol–water partition coefficient (Wildman–Crippen LogP) is 2.42. The first kappa shape index (κ1) is 11.9. The van der Waals surface area contributed by atoms with Gasteiger partial charge in [0.1, 0.15) is 10.8 Å². The molecule has 3 rings (SSSR count). The van der Waals surface area contributed by atoms with Gasteiger partial charge in [-0.15, -0.1) is 0 Å². The first-order valence-corrected chi connectivity index (χ1v) is 6.21. The molecule has 3 aromatic rings. The highest BCUT2D eigenvalue weighted by Gasteiger charge is 2.13. The van der Waals surface area contributed by atoms with Crippen molar-refractivity contribution in [2.24, 2.45) is 0 Å². The molecule has 6 heteroatoms. The lowest BCUT2D eigenvalue weighted by molar-refractivity contribution is 0.795. The number of nitrogen functional groups attached to an aromatic ring is 1. The maximum absolute atomic E-state index is 6.12. The molecule has 0 saturated heterocycles. The molecule has 0 spiro atoms. The zero-order valence-corrected chi connectivity index (χ0v) is 11.1. The highest BCUT2D eigenvalue weighted by atomic mass is 35.5. The maximum atomic E-state index is 6.12. The van der Waals surface area contributed by atoms with E-state index in [1.807, 2.05) is 35.9 Å². The summed E-state index contributed by atoms with van der Waals surface area (Å²) in [6, 6.07) is 5.81. The second-order valence-corrected chi connectivity index (χ2v) is 4.69. The average Bonchev–Trinajstić information content (AvgIpc) is 2.67. The summed E-state index contributed by atoms with van der Waals surface area (Å²) in [5.74, 6) is 0.179. The van der Waals surface area contributed by atoms with Gasteiger partial charge >= 0.3 is 0 Å². The van der Waals surface area contributed by atoms with Gasteiger partial charge in [-0.2, -0.15) is 4.98 Å². The number of fused-ring (bicyclic) bond motifs is 1. The van der Waals surface area contributed by atoms with Crippen LogP contribution in [0.1, 0.15) is 11.3 Å². The minimum absolute atomic E-state index is 0.179. The van der Waals surface area contributed by atoms with Crippen molar-refractivity contribution >= 4 is 28.6 Å². The fraction of sp³-hybridized carbons (Fsp3) is 0.154. The van der Waals surface area contributed by atoms with E-state index < -0.39 is 0 Å². The molecular formula is C13H12ClN5. The van der Waals surface area contributed by atoms with Crippen LogP contribution >= 0.6 is 11.6 Å². The fourth-order valence-corrected chi connectivity index (χ4v) is 2.45. The molecule has 96 valence electrons. The van der Waals surface area contributed by atoms with Crippen molar-refractivity contribution in [2.75, 3.05) is 5.73 Å². The average molecular weight is 274 g/mol. The van der Waals surface area contributed by atoms with Crippen LogP contribution < -0.4 is 5.73 Å². The fourth-order valence-electron chi connectivity index (χ4n) is 2.13. The maximum Gasteiger partial charge on any atom is 0.223 e. The second kappa shape index (κ2) is 4.51. The molecule has 0 bridgehead atoms. The number of hydrogen-bond donors (Lipinski definition) is 1. The van der Waals surface area contributed by atoms with Gasteiger partial charge in [0.05, 0.1) is 17.6 Å². The van der Waals surface area contributed by atoms with Gasteiger partial charge in [-0.1, -0.05) is 17.7 Å². The van der Waals surface area contributed by atoms with Crippen molar-refractivity contribution < 1.29 is 0 Å². The minimum Gasteiger partial charge on any atom is -0.368 e. The van der Waals surface area contributed by atoms with E-state index in [-0.39, 0.29) is 5.95 Å². The van der Waals surface area contributed by atoms with Crippen molar-refractivity contribution in [3.63, 3.8) is 0 Å². The molecule has 0 radical (unpaired) electrons. The molecule has 3 heterocycles. The molecule has 0 aromatic carbocycles. The van der Waals surface area contributed by atoms with E-state index in [4.69, 9.17) is 17.3 Å². The zero-order valence-electron chi connectivity index (χ0n) is 10.3. The summed E-state index contributed by atoms with van der Waals surface area (Å²) in [5, 5.41) is 1.23. The van der Waals surface area contributed by atoms with Gasteiger partial charge in [0.15, 0.2) is 0 Å². The Kier molecular flexibility index (Phi) is 2.83. The van der Waals surface area contributed by atoms with E-state index in [1.165, 1.54) is 0 Å². The van der Waals surface area contributed by atoms with Crippen LogP contribution in [0.3, 0.4) is 0 Å². The molecule has 2 N–H and O–H groups in total. The van der Waals surface area contributed by atoms with Gasteiger partial charge in [-0.05, 0) is 24.6 Å². The zero-order chi connectivity index (χ0) is 13.4. The second-order valence-electron chi connectivity index (χ2n) is 4.33. The number of nitrogens with zero attached hydrogens (tertiary/aromatic N) is 4. The molecule has 0 aliphatic rings. The number of hydrogen-bond acceptors (Lipinski definition) is 4. The topological polar surface area (TPSA) is 69.6 Å². The number of halogens is 1. The van der Waals surface area contributed by atoms with Crippen LogP contribution in [0, 0.1) is 6.92 Å². The third kappa shape index (κ3) is 2.13. The van der Waals surface area contributed by atoms with E-state index in [0.717, 1.165) is 22.3 Å². The van der Waals surface area contributed by atoms with Gasteiger partial charge < -0.3 is 10.3 Å². The molecule has 0 atom stereocenters. The summed E-state index contributed by atoms with van der Waals surface area (Å²) in [5.41, 5.74) is 8.37. The molecule has 0 unspecified atom stereocenters. The third-order valence-electron chi connectivity index (χ3n) is 2.94. The Labute approximate surface area is 115 Å². The number of pyridine rings is 1. The lowest BCUT2D eigenvalue weighted by atomic mass is 10.3. The summed E-state index contributed by atoms with van der Waals surface area (Å²) in [7, 11) is 0. The Morgan fingerprint density at radius 1 is 1.32 bits per heavy atom. The first-order chi connectivity index (χ1) is 9.15. The predicted molar refractivity (Wildman–Crippen MR) is 75.0 cm³/mol. The van der Waals surface area contributed by atoms with E-state index in [1.54, 1.807) is 6.20 Å². The van der Waals surface area contributed by atoms with Crippen molar-refractivity contribution in [3.05, 3.63) is 47.0 Å². The SMILES string of the molecule is Cc1cn(Cc2ccccn2)c2nc(N)nc(Cl)c12. The number of aryl methyl sites for hydroxylation is 1. The van der Waals surface area contributed by atoms with Crippen LogP contribution in [0.15, 0.2) is 30.6 Å². The van der Waals surface area contributed by atoms with E-state index in [9.17, 15) is 0 Å². The summed E-state index contributed by atoms with van der Waals surface area (Å²) in [6.07, 6.45) is 3.75. The first-order valence-electron chi connectivity index (χ1n) is 5.83. The number of nitrogens with two attached hydrogens (primary N) is 1. The normalized spacial score (nSPS) is 11.1. The lowest BCUT2D eigenvalue weighted by Gasteiger charge is -2.04. The van der Waals surface area contributed by atoms with Crippen molar-refractivity contribution in [3.8, 4) is 0 Å². The van der Waals surface area contributed by atoms with Crippen LogP contribution in [0.5, 0.6) is 0 Å². The number of anilines is 1. The van der Waals surface area contributed by atoms with Gasteiger partial charge in [0.2, 0.25) is 5.95 Å². The van der Waals surface area contributed by atoms with Crippen molar-refractivity contribution in [2.45, 2.75) is 13.5 Å². The van der Waals surface area contributed by atoms with Crippen LogP contribution in [0.4, 0.5) is 5.95 Å². The minimum atomic E-state index is 0.179. The molecule has 0 aliphatic heterocycles. The van der Waals surface area contributed by atoms with E-state index >= 15 is 0 Å². The monoisotopic (exact) mass is 273 g/mol. The summed E-state index contributed by atoms with van der Waals surface area (Å²) >= 11 is 6.12. The summed E-state index contributed by atoms with van der Waals surface area (Å²) in [6.45, 7) is 2.60. The highest BCUT2D eigenvalue weighted by molar-refractivity contribution is 6.34.